The van der Waals surface area contributed by atoms with Crippen LogP contribution in [0.3, 0.4) is 0 Å². The Balaban J connectivity index is 0. The van der Waals surface area contributed by atoms with Gasteiger partial charge in [-0.25, -0.2) is 8.42 Å². The van der Waals surface area contributed by atoms with Crippen molar-refractivity contribution in [1.82, 2.24) is 0 Å². The fraction of sp³-hybridized carbons (Fsp3) is 1.00. The molecule has 86 valence electrons. The molecule has 15 heavy (non-hydrogen) atoms. The second-order valence-electron chi connectivity index (χ2n) is 3.48. The topological polar surface area (TPSA) is 77.4 Å². The van der Waals surface area contributed by atoms with Crippen LogP contribution in [0.5, 0.6) is 0 Å². The van der Waals surface area contributed by atoms with E-state index in [-0.39, 0.29) is 58.0 Å². The molecule has 6 heteroatoms. The van der Waals surface area contributed by atoms with Crippen molar-refractivity contribution < 1.29 is 69.5 Å². The molecule has 0 amide bonds. The molecule has 0 radical (unpaired) electrons. The first-order valence-electron chi connectivity index (χ1n) is 5.08. The Hall–Kier alpha value is 1.51. The molecule has 0 fully saturated rings. The van der Waals surface area contributed by atoms with Crippen molar-refractivity contribution >= 4 is 10.1 Å². The molecule has 1 unspecified atom stereocenters. The average molecular weight is 262 g/mol. The fourth-order valence-corrected chi connectivity index (χ4v) is 2.26. The number of aliphatic hydroxyl groups is 1. The largest absolute Gasteiger partial charge is 1.00 e. The zero-order valence-corrected chi connectivity index (χ0v) is 13.5. The third kappa shape index (κ3) is 10.4. The van der Waals surface area contributed by atoms with Crippen molar-refractivity contribution in [3.8, 4) is 0 Å². The summed E-state index contributed by atoms with van der Waals surface area (Å²) >= 11 is 0. The number of rotatable bonds is 8. The van der Waals surface area contributed by atoms with Crippen LogP contribution in [0.15, 0.2) is 0 Å². The Labute approximate surface area is 135 Å². The van der Waals surface area contributed by atoms with Crippen LogP contribution in [0.4, 0.5) is 0 Å². The predicted molar refractivity (Wildman–Crippen MR) is 53.9 cm³/mol. The van der Waals surface area contributed by atoms with Crippen LogP contribution in [-0.4, -0.2) is 29.9 Å². The van der Waals surface area contributed by atoms with Gasteiger partial charge in [0, 0.05) is 11.9 Å². The molecular weight excluding hydrogens is 243 g/mol. The number of unbranched alkanes of at least 4 members (excludes halogenated alkanes) is 2. The third-order valence-electron chi connectivity index (χ3n) is 2.22. The van der Waals surface area contributed by atoms with Crippen molar-refractivity contribution in [3.05, 3.63) is 0 Å². The van der Waals surface area contributed by atoms with Gasteiger partial charge in [-0.1, -0.05) is 19.8 Å². The molecule has 0 rings (SSSR count). The van der Waals surface area contributed by atoms with Gasteiger partial charge >= 0.3 is 51.4 Å². The monoisotopic (exact) mass is 262 g/mol. The molecule has 0 aromatic carbocycles. The second kappa shape index (κ2) is 10.6. The molecule has 0 aromatic heterocycles. The summed E-state index contributed by atoms with van der Waals surface area (Å²) in [5.41, 5.74) is 0. The maximum atomic E-state index is 10.8. The van der Waals surface area contributed by atoms with E-state index >= 15 is 0 Å². The number of hydrogen-bond acceptors (Lipinski definition) is 4. The zero-order chi connectivity index (χ0) is 11.0. The molecule has 1 atom stereocenters. The van der Waals surface area contributed by atoms with Crippen molar-refractivity contribution in [2.45, 2.75) is 50.7 Å². The summed E-state index contributed by atoms with van der Waals surface area (Å²) in [6.07, 6.45) is 3.67. The van der Waals surface area contributed by atoms with E-state index < -0.39 is 15.4 Å². The van der Waals surface area contributed by atoms with Gasteiger partial charge in [-0.2, -0.15) is 0 Å². The van der Waals surface area contributed by atoms with Crippen LogP contribution < -0.4 is 51.4 Å². The van der Waals surface area contributed by atoms with Crippen LogP contribution in [0.25, 0.3) is 0 Å². The molecule has 0 heterocycles. The molecule has 0 spiro atoms. The average Bonchev–Trinajstić information content (AvgIpc) is 2.09. The quantitative estimate of drug-likeness (QED) is 0.320. The van der Waals surface area contributed by atoms with Gasteiger partial charge in [-0.3, -0.25) is 0 Å². The van der Waals surface area contributed by atoms with E-state index in [1.807, 2.05) is 6.92 Å². The minimum Gasteiger partial charge on any atom is -0.748 e. The minimum atomic E-state index is -4.15. The Morgan fingerprint density at radius 3 is 2.13 bits per heavy atom. The maximum absolute atomic E-state index is 10.8. The smallest absolute Gasteiger partial charge is 0.748 e. The molecular formula is C9H19KO4S. The zero-order valence-electron chi connectivity index (χ0n) is 9.61. The summed E-state index contributed by atoms with van der Waals surface area (Å²) in [4.78, 5) is 0. The van der Waals surface area contributed by atoms with E-state index in [1.54, 1.807) is 0 Å². The Morgan fingerprint density at radius 1 is 1.20 bits per heavy atom. The summed E-state index contributed by atoms with van der Waals surface area (Å²) in [7, 11) is -4.15. The van der Waals surface area contributed by atoms with Crippen molar-refractivity contribution in [1.29, 1.82) is 0 Å². The summed E-state index contributed by atoms with van der Waals surface area (Å²) in [6, 6.07) is 0. The van der Waals surface area contributed by atoms with E-state index in [0.717, 1.165) is 12.8 Å². The molecule has 0 aliphatic carbocycles. The van der Waals surface area contributed by atoms with Crippen LogP contribution in [0.2, 0.25) is 0 Å². The Morgan fingerprint density at radius 2 is 1.73 bits per heavy atom. The van der Waals surface area contributed by atoms with E-state index in [9.17, 15) is 13.0 Å². The molecule has 0 saturated heterocycles. The van der Waals surface area contributed by atoms with E-state index in [2.05, 4.69) is 0 Å². The predicted octanol–water partition coefficient (Wildman–Crippen LogP) is -1.74. The van der Waals surface area contributed by atoms with Gasteiger partial charge in [0.15, 0.2) is 0 Å². The van der Waals surface area contributed by atoms with E-state index in [0.29, 0.717) is 25.7 Å². The van der Waals surface area contributed by atoms with Crippen molar-refractivity contribution in [3.63, 3.8) is 0 Å². The fourth-order valence-electron chi connectivity index (χ4n) is 1.35. The SMILES string of the molecule is CCCCC(CCCCO)S(=O)(=O)[O-].[K+]. The Kier molecular flexibility index (Phi) is 13.4. The molecule has 0 aliphatic heterocycles. The molecule has 0 bridgehead atoms. The van der Waals surface area contributed by atoms with E-state index in [1.165, 1.54) is 0 Å². The summed E-state index contributed by atoms with van der Waals surface area (Å²) in [6.45, 7) is 2.02. The summed E-state index contributed by atoms with van der Waals surface area (Å²) in [5.74, 6) is 0. The van der Waals surface area contributed by atoms with Gasteiger partial charge in [0.05, 0.1) is 10.1 Å². The van der Waals surface area contributed by atoms with Crippen LogP contribution >= 0.6 is 0 Å². The van der Waals surface area contributed by atoms with E-state index in [4.69, 9.17) is 5.11 Å². The normalized spacial score (nSPS) is 13.3. The first kappa shape index (κ1) is 18.9. The van der Waals surface area contributed by atoms with Gasteiger partial charge in [-0.15, -0.1) is 0 Å². The second-order valence-corrected chi connectivity index (χ2v) is 5.13. The van der Waals surface area contributed by atoms with Gasteiger partial charge in [0.25, 0.3) is 0 Å². The number of hydrogen-bond donors (Lipinski definition) is 1. The van der Waals surface area contributed by atoms with Crippen molar-refractivity contribution in [2.24, 2.45) is 0 Å². The Bertz CT molecular complexity index is 228. The van der Waals surface area contributed by atoms with Gasteiger partial charge in [-0.05, 0) is 25.7 Å². The summed E-state index contributed by atoms with van der Waals surface area (Å²) in [5, 5.41) is 7.77. The minimum absolute atomic E-state index is 0. The maximum Gasteiger partial charge on any atom is 1.00 e. The summed E-state index contributed by atoms with van der Waals surface area (Å²) < 4.78 is 32.4. The molecule has 0 aromatic rings. The standard InChI is InChI=1S/C9H20O4S.K/c1-2-3-6-9(14(11,12)13)7-4-5-8-10;/h9-10H,2-8H2,1H3,(H,11,12,13);/q;+1/p-1. The van der Waals surface area contributed by atoms with Gasteiger partial charge in [0.1, 0.15) is 0 Å². The van der Waals surface area contributed by atoms with Crippen LogP contribution in [0.1, 0.15) is 45.4 Å². The molecule has 4 nitrogen and oxygen atoms in total. The first-order valence-corrected chi connectivity index (χ1v) is 6.55. The first-order chi connectivity index (χ1) is 6.52. The van der Waals surface area contributed by atoms with Crippen LogP contribution in [-0.2, 0) is 10.1 Å². The van der Waals surface area contributed by atoms with Crippen LogP contribution in [0, 0.1) is 0 Å². The molecule has 1 N–H and O–H groups in total. The van der Waals surface area contributed by atoms with Gasteiger partial charge in [0.2, 0.25) is 0 Å². The van der Waals surface area contributed by atoms with Crippen molar-refractivity contribution in [2.75, 3.05) is 6.61 Å². The van der Waals surface area contributed by atoms with Gasteiger partial charge < -0.3 is 9.66 Å². The molecule has 0 aliphatic rings. The number of aliphatic hydroxyl groups excluding tert-OH is 1. The molecule has 0 saturated carbocycles. The third-order valence-corrected chi connectivity index (χ3v) is 3.51.